The van der Waals surface area contributed by atoms with Crippen LogP contribution >= 0.6 is 0 Å². The van der Waals surface area contributed by atoms with Crippen molar-refractivity contribution in [2.45, 2.75) is 32.2 Å². The van der Waals surface area contributed by atoms with Gasteiger partial charge in [-0.15, -0.1) is 0 Å². The molecule has 2 amide bonds. The second-order valence-corrected chi connectivity index (χ2v) is 4.76. The van der Waals surface area contributed by atoms with Gasteiger partial charge < -0.3 is 10.6 Å². The highest BCUT2D eigenvalue weighted by atomic mass is 16.2. The quantitative estimate of drug-likeness (QED) is 0.803. The highest BCUT2D eigenvalue weighted by molar-refractivity contribution is 5.74. The maximum atomic E-state index is 11.6. The van der Waals surface area contributed by atoms with Gasteiger partial charge in [0.1, 0.15) is 0 Å². The second kappa shape index (κ2) is 5.71. The molecule has 1 fully saturated rings. The third-order valence-electron chi connectivity index (χ3n) is 3.23. The molecule has 0 heterocycles. The first kappa shape index (κ1) is 12.0. The van der Waals surface area contributed by atoms with Crippen LogP contribution in [0.1, 0.15) is 25.3 Å². The van der Waals surface area contributed by atoms with Gasteiger partial charge in [0.25, 0.3) is 0 Å². The number of nitrogens with one attached hydrogen (secondary N) is 2. The standard InChI is InChI=1S/C14H20N2O/c1-11(13-7-8-13)16-14(17)15-10-9-12-5-3-2-4-6-12/h2-6,11,13H,7-10H2,1H3,(H2,15,16,17). The fraction of sp³-hybridized carbons (Fsp3) is 0.500. The molecule has 1 aromatic carbocycles. The Kier molecular flexibility index (Phi) is 4.02. The van der Waals surface area contributed by atoms with E-state index < -0.39 is 0 Å². The maximum Gasteiger partial charge on any atom is 0.315 e. The lowest BCUT2D eigenvalue weighted by Crippen LogP contribution is -2.42. The molecule has 1 aromatic rings. The summed E-state index contributed by atoms with van der Waals surface area (Å²) in [4.78, 5) is 11.6. The average molecular weight is 232 g/mol. The summed E-state index contributed by atoms with van der Waals surface area (Å²) in [7, 11) is 0. The van der Waals surface area contributed by atoms with Gasteiger partial charge in [0, 0.05) is 12.6 Å². The van der Waals surface area contributed by atoms with E-state index in [1.165, 1.54) is 18.4 Å². The Balaban J connectivity index is 1.63. The lowest BCUT2D eigenvalue weighted by atomic mass is 10.1. The number of hydrogen-bond acceptors (Lipinski definition) is 1. The molecule has 3 heteroatoms. The van der Waals surface area contributed by atoms with Crippen molar-refractivity contribution >= 4 is 6.03 Å². The van der Waals surface area contributed by atoms with E-state index in [0.717, 1.165) is 6.42 Å². The molecule has 1 aliphatic carbocycles. The fourth-order valence-corrected chi connectivity index (χ4v) is 1.94. The Morgan fingerprint density at radius 3 is 2.71 bits per heavy atom. The minimum absolute atomic E-state index is 0.0414. The van der Waals surface area contributed by atoms with Crippen molar-refractivity contribution in [1.82, 2.24) is 10.6 Å². The van der Waals surface area contributed by atoms with E-state index in [4.69, 9.17) is 0 Å². The first-order chi connectivity index (χ1) is 8.25. The third-order valence-corrected chi connectivity index (χ3v) is 3.23. The van der Waals surface area contributed by atoms with Crippen LogP contribution in [0.4, 0.5) is 4.79 Å². The summed E-state index contributed by atoms with van der Waals surface area (Å²) in [5.41, 5.74) is 1.25. The van der Waals surface area contributed by atoms with Crippen LogP contribution in [0.5, 0.6) is 0 Å². The van der Waals surface area contributed by atoms with Crippen molar-refractivity contribution in [2.24, 2.45) is 5.92 Å². The van der Waals surface area contributed by atoms with Gasteiger partial charge in [-0.2, -0.15) is 0 Å². The minimum Gasteiger partial charge on any atom is -0.338 e. The molecule has 2 rings (SSSR count). The molecule has 1 unspecified atom stereocenters. The van der Waals surface area contributed by atoms with E-state index in [2.05, 4.69) is 29.7 Å². The van der Waals surface area contributed by atoms with Crippen LogP contribution in [0.2, 0.25) is 0 Å². The summed E-state index contributed by atoms with van der Waals surface area (Å²) in [5, 5.41) is 5.87. The number of carbonyl (C=O) groups is 1. The van der Waals surface area contributed by atoms with Gasteiger partial charge in [-0.25, -0.2) is 4.79 Å². The molecule has 0 aliphatic heterocycles. The molecule has 92 valence electrons. The number of amides is 2. The van der Waals surface area contributed by atoms with Crippen LogP contribution in [0.3, 0.4) is 0 Å². The van der Waals surface area contributed by atoms with Gasteiger partial charge in [0.05, 0.1) is 0 Å². The normalized spacial score (nSPS) is 16.3. The zero-order valence-electron chi connectivity index (χ0n) is 10.3. The van der Waals surface area contributed by atoms with E-state index in [9.17, 15) is 4.79 Å². The zero-order valence-corrected chi connectivity index (χ0v) is 10.3. The van der Waals surface area contributed by atoms with Crippen molar-refractivity contribution in [1.29, 1.82) is 0 Å². The molecular formula is C14H20N2O. The lowest BCUT2D eigenvalue weighted by molar-refractivity contribution is 0.236. The number of hydrogen-bond donors (Lipinski definition) is 2. The van der Waals surface area contributed by atoms with E-state index in [-0.39, 0.29) is 6.03 Å². The van der Waals surface area contributed by atoms with Gasteiger partial charge in [0.2, 0.25) is 0 Å². The molecule has 1 aliphatic rings. The van der Waals surface area contributed by atoms with E-state index in [0.29, 0.717) is 18.5 Å². The zero-order chi connectivity index (χ0) is 12.1. The molecule has 17 heavy (non-hydrogen) atoms. The van der Waals surface area contributed by atoms with E-state index in [1.807, 2.05) is 18.2 Å². The SMILES string of the molecule is CC(NC(=O)NCCc1ccccc1)C1CC1. The van der Waals surface area contributed by atoms with Crippen LogP contribution in [0.25, 0.3) is 0 Å². The fourth-order valence-electron chi connectivity index (χ4n) is 1.94. The molecule has 1 saturated carbocycles. The maximum absolute atomic E-state index is 11.6. The molecule has 3 nitrogen and oxygen atoms in total. The molecule has 0 aromatic heterocycles. The Bertz CT molecular complexity index is 360. The highest BCUT2D eigenvalue weighted by Crippen LogP contribution is 2.32. The van der Waals surface area contributed by atoms with Crippen molar-refractivity contribution in [3.8, 4) is 0 Å². The van der Waals surface area contributed by atoms with Crippen LogP contribution in [-0.2, 0) is 6.42 Å². The van der Waals surface area contributed by atoms with Crippen molar-refractivity contribution in [3.05, 3.63) is 35.9 Å². The Labute approximate surface area is 103 Å². The van der Waals surface area contributed by atoms with E-state index in [1.54, 1.807) is 0 Å². The topological polar surface area (TPSA) is 41.1 Å². The number of benzene rings is 1. The summed E-state index contributed by atoms with van der Waals surface area (Å²) < 4.78 is 0. The monoisotopic (exact) mass is 232 g/mol. The lowest BCUT2D eigenvalue weighted by Gasteiger charge is -2.13. The predicted molar refractivity (Wildman–Crippen MR) is 68.9 cm³/mol. The van der Waals surface area contributed by atoms with Gasteiger partial charge in [0.15, 0.2) is 0 Å². The average Bonchev–Trinajstić information content (AvgIpc) is 3.14. The van der Waals surface area contributed by atoms with Crippen molar-refractivity contribution < 1.29 is 4.79 Å². The molecule has 0 spiro atoms. The summed E-state index contributed by atoms with van der Waals surface area (Å²) in [6.07, 6.45) is 3.39. The van der Waals surface area contributed by atoms with E-state index >= 15 is 0 Å². The number of urea groups is 1. The van der Waals surface area contributed by atoms with Gasteiger partial charge >= 0.3 is 6.03 Å². The molecule has 0 bridgehead atoms. The largest absolute Gasteiger partial charge is 0.338 e. The summed E-state index contributed by atoms with van der Waals surface area (Å²) in [6.45, 7) is 2.77. The van der Waals surface area contributed by atoms with Gasteiger partial charge in [-0.1, -0.05) is 30.3 Å². The summed E-state index contributed by atoms with van der Waals surface area (Å²) >= 11 is 0. The predicted octanol–water partition coefficient (Wildman–Crippen LogP) is 2.33. The first-order valence-corrected chi connectivity index (χ1v) is 6.34. The Hall–Kier alpha value is -1.51. The first-order valence-electron chi connectivity index (χ1n) is 6.34. The summed E-state index contributed by atoms with van der Waals surface area (Å²) in [6, 6.07) is 10.5. The second-order valence-electron chi connectivity index (χ2n) is 4.76. The van der Waals surface area contributed by atoms with Crippen molar-refractivity contribution in [3.63, 3.8) is 0 Å². The third kappa shape index (κ3) is 4.10. The molecular weight excluding hydrogens is 212 g/mol. The molecule has 2 N–H and O–H groups in total. The molecule has 0 saturated heterocycles. The van der Waals surface area contributed by atoms with Gasteiger partial charge in [-0.05, 0) is 37.7 Å². The summed E-state index contributed by atoms with van der Waals surface area (Å²) in [5.74, 6) is 0.704. The highest BCUT2D eigenvalue weighted by Gasteiger charge is 2.28. The molecule has 0 radical (unpaired) electrons. The van der Waals surface area contributed by atoms with Crippen LogP contribution < -0.4 is 10.6 Å². The number of rotatable bonds is 5. The number of carbonyl (C=O) groups excluding carboxylic acids is 1. The van der Waals surface area contributed by atoms with Crippen LogP contribution in [0, 0.1) is 5.92 Å². The smallest absolute Gasteiger partial charge is 0.315 e. The van der Waals surface area contributed by atoms with Crippen molar-refractivity contribution in [2.75, 3.05) is 6.54 Å². The van der Waals surface area contributed by atoms with Crippen LogP contribution in [-0.4, -0.2) is 18.6 Å². The molecule has 1 atom stereocenters. The van der Waals surface area contributed by atoms with Crippen LogP contribution in [0.15, 0.2) is 30.3 Å². The minimum atomic E-state index is -0.0414. The Morgan fingerprint density at radius 1 is 1.35 bits per heavy atom. The Morgan fingerprint density at radius 2 is 2.06 bits per heavy atom. The van der Waals surface area contributed by atoms with Gasteiger partial charge in [-0.3, -0.25) is 0 Å².